The number of rotatable bonds is 4. The lowest BCUT2D eigenvalue weighted by atomic mass is 9.69. The van der Waals surface area contributed by atoms with E-state index in [2.05, 4.69) is 10.3 Å². The molecule has 0 radical (unpaired) electrons. The molecular weight excluding hydrogens is 421 g/mol. The Hall–Kier alpha value is -3.42. The molecule has 2 aliphatic rings. The van der Waals surface area contributed by atoms with Crippen LogP contribution in [-0.2, 0) is 14.4 Å². The van der Waals surface area contributed by atoms with Crippen LogP contribution in [0.4, 0.5) is 13.2 Å². The van der Waals surface area contributed by atoms with Gasteiger partial charge in [-0.25, -0.2) is 13.2 Å². The minimum atomic E-state index is -0.764. The van der Waals surface area contributed by atoms with E-state index in [1.165, 1.54) is 18.2 Å². The molecule has 2 N–H and O–H groups in total. The zero-order valence-corrected chi connectivity index (χ0v) is 16.9. The molecule has 0 aliphatic heterocycles. The number of halogens is 3. The first-order valence-corrected chi connectivity index (χ1v) is 10.4. The van der Waals surface area contributed by atoms with E-state index in [9.17, 15) is 27.6 Å². The van der Waals surface area contributed by atoms with Crippen LogP contribution in [0.3, 0.4) is 0 Å². The summed E-state index contributed by atoms with van der Waals surface area (Å²) in [5.74, 6) is -3.13. The third-order valence-corrected chi connectivity index (χ3v) is 6.42. The summed E-state index contributed by atoms with van der Waals surface area (Å²) in [6.45, 7) is 0. The van der Waals surface area contributed by atoms with E-state index in [-0.39, 0.29) is 47.7 Å². The minimum absolute atomic E-state index is 0.0242. The van der Waals surface area contributed by atoms with Crippen molar-refractivity contribution in [2.24, 2.45) is 5.92 Å². The van der Waals surface area contributed by atoms with Crippen LogP contribution in [0.2, 0.25) is 0 Å². The van der Waals surface area contributed by atoms with Gasteiger partial charge >= 0.3 is 0 Å². The second kappa shape index (κ2) is 7.62. The first-order valence-electron chi connectivity index (χ1n) is 10.4. The zero-order chi connectivity index (χ0) is 22.6. The van der Waals surface area contributed by atoms with Crippen molar-refractivity contribution in [2.75, 3.05) is 0 Å². The number of H-pyrrole nitrogens is 1. The second-order valence-corrected chi connectivity index (χ2v) is 8.54. The summed E-state index contributed by atoms with van der Waals surface area (Å²) < 4.78 is 41.9. The molecule has 2 fully saturated rings. The van der Waals surface area contributed by atoms with Gasteiger partial charge in [0.1, 0.15) is 23.2 Å². The van der Waals surface area contributed by atoms with Crippen molar-refractivity contribution in [3.05, 3.63) is 59.4 Å². The Bertz CT molecular complexity index is 1260. The summed E-state index contributed by atoms with van der Waals surface area (Å²) in [5.41, 5.74) is 2.02. The fraction of sp³-hybridized carbons (Fsp3) is 0.292. The number of aromatic amines is 1. The van der Waals surface area contributed by atoms with E-state index in [1.54, 1.807) is 12.1 Å². The maximum Gasteiger partial charge on any atom is 0.223 e. The van der Waals surface area contributed by atoms with Gasteiger partial charge in [0.15, 0.2) is 5.78 Å². The topological polar surface area (TPSA) is 79.0 Å². The van der Waals surface area contributed by atoms with Crippen molar-refractivity contribution in [1.82, 2.24) is 10.3 Å². The molecular formula is C24H19F3N2O3. The highest BCUT2D eigenvalue weighted by Crippen LogP contribution is 2.48. The first-order chi connectivity index (χ1) is 15.3. The molecule has 164 valence electrons. The predicted molar refractivity (Wildman–Crippen MR) is 110 cm³/mol. The molecule has 5 rings (SSSR count). The molecule has 1 atom stereocenters. The van der Waals surface area contributed by atoms with Crippen molar-refractivity contribution in [3.8, 4) is 11.3 Å². The van der Waals surface area contributed by atoms with Crippen molar-refractivity contribution in [1.29, 1.82) is 0 Å². The number of hydrogen-bond donors (Lipinski definition) is 2. The van der Waals surface area contributed by atoms with Crippen molar-refractivity contribution in [3.63, 3.8) is 0 Å². The highest BCUT2D eigenvalue weighted by atomic mass is 19.1. The second-order valence-electron chi connectivity index (χ2n) is 8.54. The molecule has 0 bridgehead atoms. The van der Waals surface area contributed by atoms with Crippen LogP contribution in [0.15, 0.2) is 36.4 Å². The minimum Gasteiger partial charge on any atom is -0.352 e. The smallest absolute Gasteiger partial charge is 0.223 e. The van der Waals surface area contributed by atoms with Gasteiger partial charge in [0.25, 0.3) is 0 Å². The number of hydrogen-bond acceptors (Lipinski definition) is 3. The first kappa shape index (κ1) is 20.5. The Labute approximate surface area is 181 Å². The number of amides is 1. The van der Waals surface area contributed by atoms with E-state index in [0.29, 0.717) is 35.0 Å². The summed E-state index contributed by atoms with van der Waals surface area (Å²) >= 11 is 0. The molecule has 1 aromatic heterocycles. The van der Waals surface area contributed by atoms with E-state index in [1.807, 2.05) is 0 Å². The fourth-order valence-corrected chi connectivity index (χ4v) is 4.73. The third kappa shape index (κ3) is 3.49. The number of benzene rings is 2. The number of carbonyl (C=O) groups is 3. The van der Waals surface area contributed by atoms with Crippen LogP contribution in [0, 0.1) is 23.4 Å². The number of Topliss-reactive ketones (excluding diaryl/α,β-unsaturated/α-hetero) is 2. The molecule has 2 aliphatic carbocycles. The van der Waals surface area contributed by atoms with Gasteiger partial charge < -0.3 is 10.3 Å². The molecule has 5 nitrogen and oxygen atoms in total. The van der Waals surface area contributed by atoms with E-state index >= 15 is 0 Å². The molecule has 3 aromatic rings. The average molecular weight is 440 g/mol. The monoisotopic (exact) mass is 440 g/mol. The predicted octanol–water partition coefficient (Wildman–Crippen LogP) is 4.16. The van der Waals surface area contributed by atoms with Gasteiger partial charge in [0.2, 0.25) is 5.91 Å². The van der Waals surface area contributed by atoms with E-state index < -0.39 is 23.5 Å². The summed E-state index contributed by atoms with van der Waals surface area (Å²) in [6, 6.07) is 6.99. The lowest BCUT2D eigenvalue weighted by molar-refractivity contribution is -0.131. The number of carbonyl (C=O) groups excluding carboxylic acids is 3. The maximum atomic E-state index is 14.5. The van der Waals surface area contributed by atoms with Gasteiger partial charge in [-0.05, 0) is 60.2 Å². The zero-order valence-electron chi connectivity index (χ0n) is 16.9. The number of nitrogens with one attached hydrogen (secondary N) is 2. The van der Waals surface area contributed by atoms with Gasteiger partial charge in [0, 0.05) is 23.8 Å². The quantitative estimate of drug-likeness (QED) is 0.598. The Morgan fingerprint density at radius 3 is 2.38 bits per heavy atom. The molecule has 0 unspecified atom stereocenters. The molecule has 1 heterocycles. The van der Waals surface area contributed by atoms with E-state index in [0.717, 1.165) is 6.07 Å². The highest BCUT2D eigenvalue weighted by molar-refractivity contribution is 6.10. The lowest BCUT2D eigenvalue weighted by Gasteiger charge is -2.35. The third-order valence-electron chi connectivity index (χ3n) is 6.42. The van der Waals surface area contributed by atoms with Gasteiger partial charge in [-0.3, -0.25) is 14.4 Å². The van der Waals surface area contributed by atoms with Crippen LogP contribution in [0.5, 0.6) is 0 Å². The Morgan fingerprint density at radius 1 is 1.00 bits per heavy atom. The Morgan fingerprint density at radius 2 is 1.72 bits per heavy atom. The summed E-state index contributed by atoms with van der Waals surface area (Å²) in [4.78, 5) is 38.8. The van der Waals surface area contributed by atoms with Gasteiger partial charge in [-0.1, -0.05) is 0 Å². The highest BCUT2D eigenvalue weighted by Gasteiger charge is 2.40. The summed E-state index contributed by atoms with van der Waals surface area (Å²) in [7, 11) is 0. The summed E-state index contributed by atoms with van der Waals surface area (Å²) in [5, 5.41) is 3.05. The molecule has 0 spiro atoms. The normalized spacial score (nSPS) is 22.9. The van der Waals surface area contributed by atoms with Crippen LogP contribution >= 0.6 is 0 Å². The molecule has 2 saturated carbocycles. The van der Waals surface area contributed by atoms with Gasteiger partial charge in [0.05, 0.1) is 23.7 Å². The molecule has 32 heavy (non-hydrogen) atoms. The standard InChI is InChI=1S/C24H19F3N2O3/c25-14-3-1-11(2-4-14)22-21(17-7-15(26)8-18(27)23(17)29-22)12-5-13(6-12)24(32)28-19-9-16(30)10-20(19)31/h1-4,7-8,12-13,19,29H,5-6,9-10H2,(H,28,32)/t12?,13?,19-/m0/s1. The number of fused-ring (bicyclic) bond motifs is 1. The Kier molecular flexibility index (Phi) is 4.87. The fourth-order valence-electron chi connectivity index (χ4n) is 4.73. The lowest BCUT2D eigenvalue weighted by Crippen LogP contribution is -2.44. The SMILES string of the molecule is O=C1CC(=O)[C@@H](NC(=O)C2CC(c3c(-c4ccc(F)cc4)[nH]c4c(F)cc(F)cc34)C2)C1. The van der Waals surface area contributed by atoms with E-state index in [4.69, 9.17) is 0 Å². The molecule has 1 amide bonds. The summed E-state index contributed by atoms with van der Waals surface area (Å²) in [6.07, 6.45) is 0.738. The van der Waals surface area contributed by atoms with Gasteiger partial charge in [-0.2, -0.15) is 0 Å². The molecule has 2 aromatic carbocycles. The number of ketones is 2. The number of aromatic nitrogens is 1. The average Bonchev–Trinajstić information content (AvgIpc) is 3.21. The van der Waals surface area contributed by atoms with Crippen molar-refractivity contribution >= 4 is 28.4 Å². The van der Waals surface area contributed by atoms with Crippen LogP contribution in [0.25, 0.3) is 22.2 Å². The van der Waals surface area contributed by atoms with Crippen LogP contribution < -0.4 is 5.32 Å². The maximum absolute atomic E-state index is 14.5. The van der Waals surface area contributed by atoms with Crippen molar-refractivity contribution < 1.29 is 27.6 Å². The van der Waals surface area contributed by atoms with Gasteiger partial charge in [-0.15, -0.1) is 0 Å². The van der Waals surface area contributed by atoms with Crippen LogP contribution in [0.1, 0.15) is 37.2 Å². The largest absolute Gasteiger partial charge is 0.352 e. The van der Waals surface area contributed by atoms with Crippen LogP contribution in [-0.4, -0.2) is 28.5 Å². The Balaban J connectivity index is 1.43. The molecule has 8 heteroatoms. The molecule has 0 saturated heterocycles. The van der Waals surface area contributed by atoms with Crippen molar-refractivity contribution in [2.45, 2.75) is 37.6 Å².